The number of carbonyl (C=O) groups is 1. The summed E-state index contributed by atoms with van der Waals surface area (Å²) in [5, 5.41) is 13.7. The number of nitrogens with one attached hydrogen (secondary N) is 1. The van der Waals surface area contributed by atoms with Crippen LogP contribution in [-0.2, 0) is 11.3 Å². The first-order chi connectivity index (χ1) is 13.1. The first kappa shape index (κ1) is 18.9. The van der Waals surface area contributed by atoms with Crippen molar-refractivity contribution < 1.29 is 19.1 Å². The molecule has 1 heterocycles. The summed E-state index contributed by atoms with van der Waals surface area (Å²) in [6, 6.07) is 20.3. The topological polar surface area (TPSA) is 71.7 Å². The van der Waals surface area contributed by atoms with Crippen molar-refractivity contribution in [1.29, 1.82) is 0 Å². The molecule has 5 nitrogen and oxygen atoms in total. The van der Waals surface area contributed by atoms with Crippen molar-refractivity contribution >= 4 is 5.97 Å². The summed E-state index contributed by atoms with van der Waals surface area (Å²) in [7, 11) is 1.36. The Labute approximate surface area is 158 Å². The molecular formula is C22H23NO4. The molecule has 0 radical (unpaired) electrons. The highest BCUT2D eigenvalue weighted by molar-refractivity contribution is 5.89. The van der Waals surface area contributed by atoms with Crippen LogP contribution in [0.5, 0.6) is 0 Å². The fourth-order valence-electron chi connectivity index (χ4n) is 2.83. The molecule has 0 aliphatic carbocycles. The third-order valence-corrected chi connectivity index (χ3v) is 4.47. The summed E-state index contributed by atoms with van der Waals surface area (Å²) in [4.78, 5) is 11.5. The maximum absolute atomic E-state index is 11.5. The smallest absolute Gasteiger partial charge is 0.337 e. The Morgan fingerprint density at radius 2 is 1.78 bits per heavy atom. The van der Waals surface area contributed by atoms with E-state index < -0.39 is 6.10 Å². The lowest BCUT2D eigenvalue weighted by Gasteiger charge is -2.20. The number of aliphatic hydroxyl groups excluding tert-OH is 1. The van der Waals surface area contributed by atoms with E-state index in [2.05, 4.69) is 5.32 Å². The maximum Gasteiger partial charge on any atom is 0.337 e. The second-order valence-electron chi connectivity index (χ2n) is 6.36. The van der Waals surface area contributed by atoms with Crippen molar-refractivity contribution in [2.45, 2.75) is 25.6 Å². The highest BCUT2D eigenvalue weighted by Gasteiger charge is 2.16. The molecule has 1 aromatic heterocycles. The van der Waals surface area contributed by atoms with Crippen molar-refractivity contribution in [2.24, 2.45) is 0 Å². The molecule has 5 heteroatoms. The molecule has 0 saturated heterocycles. The second-order valence-corrected chi connectivity index (χ2v) is 6.36. The lowest BCUT2D eigenvalue weighted by molar-refractivity contribution is 0.0600. The summed E-state index contributed by atoms with van der Waals surface area (Å²) in [5.74, 6) is 1.13. The molecule has 2 atom stereocenters. The molecule has 27 heavy (non-hydrogen) atoms. The van der Waals surface area contributed by atoms with Gasteiger partial charge in [0.25, 0.3) is 0 Å². The van der Waals surface area contributed by atoms with Crippen molar-refractivity contribution in [3.63, 3.8) is 0 Å². The van der Waals surface area contributed by atoms with Crippen LogP contribution < -0.4 is 5.32 Å². The Hall–Kier alpha value is -2.89. The predicted molar refractivity (Wildman–Crippen MR) is 103 cm³/mol. The van der Waals surface area contributed by atoms with Crippen molar-refractivity contribution in [2.75, 3.05) is 7.11 Å². The van der Waals surface area contributed by atoms with Gasteiger partial charge >= 0.3 is 5.97 Å². The molecule has 0 fully saturated rings. The molecule has 0 unspecified atom stereocenters. The van der Waals surface area contributed by atoms with E-state index in [9.17, 15) is 9.90 Å². The zero-order chi connectivity index (χ0) is 19.2. The number of hydrogen-bond acceptors (Lipinski definition) is 5. The Balaban J connectivity index is 1.60. The lowest BCUT2D eigenvalue weighted by Crippen LogP contribution is -2.31. The van der Waals surface area contributed by atoms with E-state index in [1.165, 1.54) is 7.11 Å². The van der Waals surface area contributed by atoms with Crippen LogP contribution >= 0.6 is 0 Å². The van der Waals surface area contributed by atoms with E-state index in [1.807, 2.05) is 61.5 Å². The van der Waals surface area contributed by atoms with Crippen LogP contribution in [0.4, 0.5) is 0 Å². The normalized spacial score (nSPS) is 13.1. The predicted octanol–water partition coefficient (Wildman–Crippen LogP) is 3.94. The number of carbonyl (C=O) groups excluding carboxylic acids is 1. The third-order valence-electron chi connectivity index (χ3n) is 4.47. The zero-order valence-corrected chi connectivity index (χ0v) is 15.4. The summed E-state index contributed by atoms with van der Waals surface area (Å²) >= 11 is 0. The molecule has 0 aliphatic rings. The number of esters is 1. The van der Waals surface area contributed by atoms with E-state index in [0.29, 0.717) is 12.1 Å². The van der Waals surface area contributed by atoms with Gasteiger partial charge in [0.1, 0.15) is 11.5 Å². The van der Waals surface area contributed by atoms with Crippen LogP contribution in [0.3, 0.4) is 0 Å². The van der Waals surface area contributed by atoms with Crippen LogP contribution in [-0.4, -0.2) is 24.2 Å². The van der Waals surface area contributed by atoms with E-state index in [-0.39, 0.29) is 12.0 Å². The molecule has 140 valence electrons. The monoisotopic (exact) mass is 365 g/mol. The van der Waals surface area contributed by atoms with E-state index in [1.54, 1.807) is 12.1 Å². The average Bonchev–Trinajstić information content (AvgIpc) is 3.20. The van der Waals surface area contributed by atoms with Gasteiger partial charge < -0.3 is 19.6 Å². The van der Waals surface area contributed by atoms with Crippen molar-refractivity contribution in [1.82, 2.24) is 5.32 Å². The Morgan fingerprint density at radius 3 is 2.44 bits per heavy atom. The number of ether oxygens (including phenoxy) is 1. The van der Waals surface area contributed by atoms with Gasteiger partial charge in [0.2, 0.25) is 0 Å². The van der Waals surface area contributed by atoms with Gasteiger partial charge in [-0.3, -0.25) is 0 Å². The van der Waals surface area contributed by atoms with Gasteiger partial charge in [0.05, 0.1) is 25.3 Å². The summed E-state index contributed by atoms with van der Waals surface area (Å²) in [6.07, 6.45) is -0.591. The van der Waals surface area contributed by atoms with E-state index >= 15 is 0 Å². The van der Waals surface area contributed by atoms with Crippen LogP contribution in [0.2, 0.25) is 0 Å². The van der Waals surface area contributed by atoms with Crippen LogP contribution in [0, 0.1) is 0 Å². The second kappa shape index (κ2) is 8.66. The fourth-order valence-corrected chi connectivity index (χ4v) is 2.83. The van der Waals surface area contributed by atoms with Gasteiger partial charge in [-0.25, -0.2) is 4.79 Å². The average molecular weight is 365 g/mol. The molecule has 3 rings (SSSR count). The molecule has 2 N–H and O–H groups in total. The van der Waals surface area contributed by atoms with E-state index in [4.69, 9.17) is 9.15 Å². The Bertz CT molecular complexity index is 871. The maximum atomic E-state index is 11.5. The molecule has 0 saturated carbocycles. The first-order valence-electron chi connectivity index (χ1n) is 8.82. The highest BCUT2D eigenvalue weighted by atomic mass is 16.5. The number of rotatable bonds is 7. The standard InChI is InChI=1S/C22H23NO4/c1-15(21(24)17-6-4-3-5-7-17)23-14-19-12-13-20(27-19)16-8-10-18(11-9-16)22(25)26-2/h3-13,15,21,23-24H,14H2,1-2H3/t15-,21+/m0/s1. The minimum absolute atomic E-state index is 0.125. The third kappa shape index (κ3) is 4.64. The van der Waals surface area contributed by atoms with Crippen LogP contribution in [0.15, 0.2) is 71.1 Å². The van der Waals surface area contributed by atoms with Crippen molar-refractivity contribution in [3.8, 4) is 11.3 Å². The first-order valence-corrected chi connectivity index (χ1v) is 8.82. The van der Waals surface area contributed by atoms with Crippen molar-refractivity contribution in [3.05, 3.63) is 83.6 Å². The molecular weight excluding hydrogens is 342 g/mol. The van der Waals surface area contributed by atoms with Gasteiger partial charge in [0.15, 0.2) is 0 Å². The minimum atomic E-state index is -0.591. The lowest BCUT2D eigenvalue weighted by atomic mass is 10.0. The number of furan rings is 1. The van der Waals surface area contributed by atoms with Crippen LogP contribution in [0.25, 0.3) is 11.3 Å². The summed E-state index contributed by atoms with van der Waals surface area (Å²) in [5.41, 5.74) is 2.26. The Kier molecular flexibility index (Phi) is 6.06. The summed E-state index contributed by atoms with van der Waals surface area (Å²) < 4.78 is 10.6. The molecule has 3 aromatic rings. The molecule has 2 aromatic carbocycles. The van der Waals surface area contributed by atoms with Crippen LogP contribution in [0.1, 0.15) is 34.7 Å². The molecule has 0 spiro atoms. The van der Waals surface area contributed by atoms with Gasteiger partial charge in [-0.05, 0) is 36.8 Å². The minimum Gasteiger partial charge on any atom is -0.465 e. The van der Waals surface area contributed by atoms with Gasteiger partial charge in [-0.2, -0.15) is 0 Å². The molecule has 0 amide bonds. The van der Waals surface area contributed by atoms with Gasteiger partial charge in [0, 0.05) is 11.6 Å². The highest BCUT2D eigenvalue weighted by Crippen LogP contribution is 2.23. The summed E-state index contributed by atoms with van der Waals surface area (Å²) in [6.45, 7) is 2.44. The fraction of sp³-hybridized carbons (Fsp3) is 0.227. The van der Waals surface area contributed by atoms with E-state index in [0.717, 1.165) is 22.6 Å². The molecule has 0 aliphatic heterocycles. The number of aliphatic hydroxyl groups is 1. The number of methoxy groups -OCH3 is 1. The van der Waals surface area contributed by atoms with Gasteiger partial charge in [-0.15, -0.1) is 0 Å². The largest absolute Gasteiger partial charge is 0.465 e. The number of hydrogen-bond donors (Lipinski definition) is 2. The number of benzene rings is 2. The molecule has 0 bridgehead atoms. The Morgan fingerprint density at radius 1 is 1.07 bits per heavy atom. The SMILES string of the molecule is COC(=O)c1ccc(-c2ccc(CN[C@@H](C)[C@@H](O)c3ccccc3)o2)cc1. The quantitative estimate of drug-likeness (QED) is 0.621. The zero-order valence-electron chi connectivity index (χ0n) is 15.4. The van der Waals surface area contributed by atoms with Gasteiger partial charge in [-0.1, -0.05) is 42.5 Å².